The molecule has 192 valence electrons. The number of para-hydroxylation sites is 1. The van der Waals surface area contributed by atoms with E-state index in [1.807, 2.05) is 0 Å². The Balaban J connectivity index is 1.29. The zero-order valence-corrected chi connectivity index (χ0v) is 22.5. The number of fused-ring (bicyclic) bond motifs is 4. The molecule has 1 aliphatic heterocycles. The lowest BCUT2D eigenvalue weighted by atomic mass is 9.48. The summed E-state index contributed by atoms with van der Waals surface area (Å²) in [7, 11) is 0. The summed E-state index contributed by atoms with van der Waals surface area (Å²) in [5.74, 6) is 4.39. The smallest absolute Gasteiger partial charge is 0.132 e. The minimum Gasteiger partial charge on any atom is -0.364 e. The van der Waals surface area contributed by atoms with Crippen molar-refractivity contribution in [2.24, 2.45) is 35.0 Å². The van der Waals surface area contributed by atoms with Gasteiger partial charge >= 0.3 is 0 Å². The van der Waals surface area contributed by atoms with Gasteiger partial charge in [0.15, 0.2) is 0 Å². The second-order valence-electron chi connectivity index (χ2n) is 13.0. The van der Waals surface area contributed by atoms with Crippen LogP contribution >= 0.6 is 0 Å². The summed E-state index contributed by atoms with van der Waals surface area (Å²) in [4.78, 5) is 15.1. The van der Waals surface area contributed by atoms with Gasteiger partial charge in [0.1, 0.15) is 5.78 Å². The molecule has 6 rings (SSSR count). The van der Waals surface area contributed by atoms with E-state index in [0.29, 0.717) is 23.2 Å². The average Bonchev–Trinajstić information content (AvgIpc) is 2.98. The highest BCUT2D eigenvalue weighted by molar-refractivity contribution is 5.78. The molecule has 0 radical (unpaired) electrons. The maximum Gasteiger partial charge on any atom is 0.132 e. The lowest BCUT2D eigenvalue weighted by Crippen LogP contribution is -2.50. The zero-order valence-electron chi connectivity index (χ0n) is 22.5. The van der Waals surface area contributed by atoms with Crippen molar-refractivity contribution in [3.63, 3.8) is 0 Å². The fourth-order valence-corrected chi connectivity index (χ4v) is 9.25. The van der Waals surface area contributed by atoms with Gasteiger partial charge in [-0.25, -0.2) is 0 Å². The second-order valence-corrected chi connectivity index (χ2v) is 13.0. The molecule has 2 aromatic carbocycles. The molecule has 3 fully saturated rings. The highest BCUT2D eigenvalue weighted by Gasteiger charge is 2.52. The van der Waals surface area contributed by atoms with Crippen LogP contribution in [0.3, 0.4) is 0 Å². The third-order valence-corrected chi connectivity index (χ3v) is 11.2. The van der Waals surface area contributed by atoms with Crippen molar-refractivity contribution in [3.8, 4) is 0 Å². The second kappa shape index (κ2) is 9.99. The number of ketones is 1. The minimum atomic E-state index is 0.451. The van der Waals surface area contributed by atoms with Crippen molar-refractivity contribution in [2.45, 2.75) is 90.5 Å². The van der Waals surface area contributed by atoms with E-state index in [1.54, 1.807) is 11.1 Å². The Morgan fingerprint density at radius 3 is 2.53 bits per heavy atom. The molecule has 36 heavy (non-hydrogen) atoms. The summed E-state index contributed by atoms with van der Waals surface area (Å²) in [6.45, 7) is 6.25. The van der Waals surface area contributed by atoms with Crippen LogP contribution in [-0.2, 0) is 11.2 Å². The predicted molar refractivity (Wildman–Crippen MR) is 149 cm³/mol. The third kappa shape index (κ3) is 4.33. The van der Waals surface area contributed by atoms with Gasteiger partial charge in [-0.05, 0) is 116 Å². The van der Waals surface area contributed by atoms with Crippen molar-refractivity contribution in [1.82, 2.24) is 0 Å². The van der Waals surface area contributed by atoms with Crippen molar-refractivity contribution in [1.29, 1.82) is 0 Å². The number of hydrogen-bond donors (Lipinski definition) is 0. The van der Waals surface area contributed by atoms with E-state index in [4.69, 9.17) is 0 Å². The van der Waals surface area contributed by atoms with Crippen LogP contribution < -0.4 is 4.90 Å². The van der Waals surface area contributed by atoms with Gasteiger partial charge in [0.05, 0.1) is 6.04 Å². The molecule has 4 aliphatic rings. The molecule has 0 N–H and O–H groups in total. The van der Waals surface area contributed by atoms with Gasteiger partial charge in [-0.2, -0.15) is 0 Å². The standard InChI is InChI=1S/C34H45NO/c1-24-15-17-29(36)12-8-14-32-30(24)18-16-27-23-26(19-21-34(27,32)2)33-31-13-7-6-9-25(31)20-22-35(33)28-10-4-3-5-11-28/h3-7,9-11,13,24,26-27,30,32-33H,8,12,14-23H2,1-2H3/t24-,26?,27-,30-,32-,33?,34-/m0/s1. The molecule has 3 aliphatic carbocycles. The van der Waals surface area contributed by atoms with E-state index in [9.17, 15) is 4.79 Å². The highest BCUT2D eigenvalue weighted by Crippen LogP contribution is 2.61. The molecule has 7 atom stereocenters. The van der Waals surface area contributed by atoms with Crippen LogP contribution in [-0.4, -0.2) is 12.3 Å². The Labute approximate surface area is 218 Å². The summed E-state index contributed by atoms with van der Waals surface area (Å²) in [5.41, 5.74) is 5.00. The number of carbonyl (C=O) groups is 1. The Kier molecular flexibility index (Phi) is 6.73. The van der Waals surface area contributed by atoms with Crippen molar-refractivity contribution in [3.05, 3.63) is 65.7 Å². The summed E-state index contributed by atoms with van der Waals surface area (Å²) in [6.07, 6.45) is 13.2. The molecule has 3 saturated carbocycles. The molecule has 0 spiro atoms. The molecule has 2 nitrogen and oxygen atoms in total. The molecular weight excluding hydrogens is 438 g/mol. The largest absolute Gasteiger partial charge is 0.364 e. The Bertz CT molecular complexity index is 1060. The number of carbonyl (C=O) groups excluding carboxylic acids is 1. The summed E-state index contributed by atoms with van der Waals surface area (Å²) in [5, 5.41) is 0. The molecule has 2 aromatic rings. The fraction of sp³-hybridized carbons (Fsp3) is 0.618. The van der Waals surface area contributed by atoms with Crippen LogP contribution in [0.5, 0.6) is 0 Å². The van der Waals surface area contributed by atoms with Crippen LogP contribution in [0.1, 0.15) is 95.2 Å². The monoisotopic (exact) mass is 483 g/mol. The maximum absolute atomic E-state index is 12.4. The fourth-order valence-electron chi connectivity index (χ4n) is 9.25. The van der Waals surface area contributed by atoms with E-state index in [-0.39, 0.29) is 0 Å². The highest BCUT2D eigenvalue weighted by atomic mass is 16.1. The molecule has 2 unspecified atom stereocenters. The molecule has 2 heteroatoms. The number of nitrogens with zero attached hydrogens (tertiary/aromatic N) is 1. The molecular formula is C34H45NO. The summed E-state index contributed by atoms with van der Waals surface area (Å²) < 4.78 is 0. The normalized spacial score (nSPS) is 37.1. The van der Waals surface area contributed by atoms with E-state index in [2.05, 4.69) is 73.3 Å². The number of hydrogen-bond acceptors (Lipinski definition) is 2. The Hall–Kier alpha value is -2.09. The van der Waals surface area contributed by atoms with Gasteiger partial charge in [0, 0.05) is 25.1 Å². The van der Waals surface area contributed by atoms with Crippen molar-refractivity contribution >= 4 is 11.5 Å². The van der Waals surface area contributed by atoms with Crippen molar-refractivity contribution < 1.29 is 4.79 Å². The third-order valence-electron chi connectivity index (χ3n) is 11.2. The van der Waals surface area contributed by atoms with Gasteiger partial charge in [-0.3, -0.25) is 4.79 Å². The van der Waals surface area contributed by atoms with Crippen molar-refractivity contribution in [2.75, 3.05) is 11.4 Å². The van der Waals surface area contributed by atoms with Gasteiger partial charge in [0.2, 0.25) is 0 Å². The van der Waals surface area contributed by atoms with Gasteiger partial charge < -0.3 is 4.90 Å². The first-order valence-corrected chi connectivity index (χ1v) is 15.0. The first kappa shape index (κ1) is 24.3. The molecule has 0 aromatic heterocycles. The Morgan fingerprint density at radius 2 is 1.67 bits per heavy atom. The van der Waals surface area contributed by atoms with Crippen LogP contribution in [0.4, 0.5) is 5.69 Å². The molecule has 0 amide bonds. The van der Waals surface area contributed by atoms with Crippen LogP contribution in [0, 0.1) is 35.0 Å². The van der Waals surface area contributed by atoms with Gasteiger partial charge in [-0.1, -0.05) is 56.3 Å². The quantitative estimate of drug-likeness (QED) is 0.427. The van der Waals surface area contributed by atoms with Crippen LogP contribution in [0.2, 0.25) is 0 Å². The number of benzene rings is 2. The number of rotatable bonds is 2. The lowest BCUT2D eigenvalue weighted by Gasteiger charge is -2.58. The number of Topliss-reactive ketones (excluding diaryl/α,β-unsaturated/α-hetero) is 1. The Morgan fingerprint density at radius 1 is 0.861 bits per heavy atom. The van der Waals surface area contributed by atoms with Gasteiger partial charge in [-0.15, -0.1) is 0 Å². The van der Waals surface area contributed by atoms with Crippen LogP contribution in [0.25, 0.3) is 0 Å². The lowest BCUT2D eigenvalue weighted by molar-refractivity contribution is -0.119. The van der Waals surface area contributed by atoms with E-state index in [1.165, 1.54) is 44.2 Å². The minimum absolute atomic E-state index is 0.451. The van der Waals surface area contributed by atoms with Gasteiger partial charge in [0.25, 0.3) is 0 Å². The molecule has 1 heterocycles. The summed E-state index contributed by atoms with van der Waals surface area (Å²) in [6, 6.07) is 21.0. The molecule has 0 saturated heterocycles. The average molecular weight is 484 g/mol. The summed E-state index contributed by atoms with van der Waals surface area (Å²) >= 11 is 0. The van der Waals surface area contributed by atoms with E-state index >= 15 is 0 Å². The SMILES string of the molecule is C[C@H]1CCC(=O)CCC[C@H]2[C@H]1CC[C@H]1CC(C3c4ccccc4CCN3c3ccccc3)CC[C@@]12C. The predicted octanol–water partition coefficient (Wildman–Crippen LogP) is 8.41. The van der Waals surface area contributed by atoms with Crippen LogP contribution in [0.15, 0.2) is 54.6 Å². The first-order chi connectivity index (χ1) is 17.5. The van der Waals surface area contributed by atoms with E-state index < -0.39 is 0 Å². The first-order valence-electron chi connectivity index (χ1n) is 15.0. The molecule has 0 bridgehead atoms. The zero-order chi connectivity index (χ0) is 24.7. The topological polar surface area (TPSA) is 20.3 Å². The van der Waals surface area contributed by atoms with E-state index in [0.717, 1.165) is 62.3 Å². The number of anilines is 1. The maximum atomic E-state index is 12.4.